The second-order valence-corrected chi connectivity index (χ2v) is 7.45. The van der Waals surface area contributed by atoms with Gasteiger partial charge in [-0.15, -0.1) is 11.8 Å². The summed E-state index contributed by atoms with van der Waals surface area (Å²) in [6, 6.07) is 5.12. The summed E-state index contributed by atoms with van der Waals surface area (Å²) in [6.45, 7) is 0.640. The molecule has 1 atom stereocenters. The number of hydrogen-bond donors (Lipinski definition) is 2. The summed E-state index contributed by atoms with van der Waals surface area (Å²) in [5.41, 5.74) is 1.63. The van der Waals surface area contributed by atoms with Gasteiger partial charge in [0.05, 0.1) is 0 Å². The Morgan fingerprint density at radius 1 is 1.20 bits per heavy atom. The lowest BCUT2D eigenvalue weighted by atomic mass is 10.0. The number of nitrogens with one attached hydrogen (secondary N) is 1. The maximum atomic E-state index is 12.7. The molecule has 1 fully saturated rings. The van der Waals surface area contributed by atoms with E-state index in [1.54, 1.807) is 22.7 Å². The average molecular weight is 362 g/mol. The molecule has 3 amide bonds. The number of thioether (sulfide) groups is 1. The zero-order valence-corrected chi connectivity index (χ0v) is 14.8. The predicted octanol–water partition coefficient (Wildman–Crippen LogP) is 1.70. The fraction of sp³-hybridized carbons (Fsp3) is 0.500. The third-order valence-electron chi connectivity index (χ3n) is 4.60. The van der Waals surface area contributed by atoms with Crippen molar-refractivity contribution in [3.8, 4) is 0 Å². The summed E-state index contributed by atoms with van der Waals surface area (Å²) in [5, 5.41) is 11.2. The number of unbranched alkanes of at least 4 members (excludes halogenated alkanes) is 2. The number of hydrogen-bond acceptors (Lipinski definition) is 5. The SMILES string of the molecule is O=C1CCC(N2Cc3c(SCCCCCO)cccc3C2=O)C(=O)N1. The van der Waals surface area contributed by atoms with Gasteiger partial charge in [0, 0.05) is 30.0 Å². The largest absolute Gasteiger partial charge is 0.396 e. The second kappa shape index (κ2) is 8.01. The van der Waals surface area contributed by atoms with Crippen LogP contribution in [0.25, 0.3) is 0 Å². The summed E-state index contributed by atoms with van der Waals surface area (Å²) in [4.78, 5) is 38.8. The van der Waals surface area contributed by atoms with Crippen LogP contribution in [-0.2, 0) is 16.1 Å². The molecule has 1 unspecified atom stereocenters. The van der Waals surface area contributed by atoms with Crippen LogP contribution in [0, 0.1) is 0 Å². The maximum absolute atomic E-state index is 12.7. The van der Waals surface area contributed by atoms with Crippen molar-refractivity contribution in [2.24, 2.45) is 0 Å². The number of carbonyl (C=O) groups excluding carboxylic acids is 3. The van der Waals surface area contributed by atoms with E-state index < -0.39 is 6.04 Å². The number of imide groups is 1. The third-order valence-corrected chi connectivity index (χ3v) is 5.79. The number of amides is 3. The van der Waals surface area contributed by atoms with Gasteiger partial charge in [-0.05, 0) is 42.7 Å². The number of fused-ring (bicyclic) bond motifs is 1. The monoisotopic (exact) mass is 362 g/mol. The van der Waals surface area contributed by atoms with E-state index in [2.05, 4.69) is 5.32 Å². The molecule has 134 valence electrons. The first-order chi connectivity index (χ1) is 12.1. The van der Waals surface area contributed by atoms with E-state index in [0.717, 1.165) is 35.5 Å². The van der Waals surface area contributed by atoms with Crippen molar-refractivity contribution in [2.45, 2.75) is 49.6 Å². The van der Waals surface area contributed by atoms with Crippen LogP contribution in [0.5, 0.6) is 0 Å². The second-order valence-electron chi connectivity index (χ2n) is 6.31. The Balaban J connectivity index is 1.69. The van der Waals surface area contributed by atoms with Crippen molar-refractivity contribution >= 4 is 29.5 Å². The van der Waals surface area contributed by atoms with Gasteiger partial charge >= 0.3 is 0 Å². The van der Waals surface area contributed by atoms with Crippen LogP contribution in [0.2, 0.25) is 0 Å². The van der Waals surface area contributed by atoms with Gasteiger partial charge in [-0.2, -0.15) is 0 Å². The summed E-state index contributed by atoms with van der Waals surface area (Å²) >= 11 is 1.71. The van der Waals surface area contributed by atoms with Crippen LogP contribution in [0.1, 0.15) is 48.0 Å². The van der Waals surface area contributed by atoms with Gasteiger partial charge in [-0.3, -0.25) is 19.7 Å². The van der Waals surface area contributed by atoms with Gasteiger partial charge in [-0.1, -0.05) is 12.5 Å². The van der Waals surface area contributed by atoms with Crippen LogP contribution in [0.4, 0.5) is 0 Å². The lowest BCUT2D eigenvalue weighted by Gasteiger charge is -2.29. The number of piperidine rings is 1. The standard InChI is InChI=1S/C18H22N2O4S/c21-9-2-1-3-10-25-15-6-4-5-12-13(15)11-20(18(12)24)14-7-8-16(22)19-17(14)23/h4-6,14,21H,1-3,7-11H2,(H,19,22,23). The Morgan fingerprint density at radius 2 is 2.04 bits per heavy atom. The first kappa shape index (κ1) is 17.9. The minimum Gasteiger partial charge on any atom is -0.396 e. The molecule has 0 radical (unpaired) electrons. The molecule has 1 aromatic rings. The molecule has 2 N–H and O–H groups in total. The summed E-state index contributed by atoms with van der Waals surface area (Å²) in [7, 11) is 0. The smallest absolute Gasteiger partial charge is 0.255 e. The molecule has 6 nitrogen and oxygen atoms in total. The first-order valence-corrected chi connectivity index (χ1v) is 9.60. The fourth-order valence-corrected chi connectivity index (χ4v) is 4.36. The van der Waals surface area contributed by atoms with Crippen LogP contribution < -0.4 is 5.32 Å². The van der Waals surface area contributed by atoms with Crippen molar-refractivity contribution in [2.75, 3.05) is 12.4 Å². The molecular weight excluding hydrogens is 340 g/mol. The van der Waals surface area contributed by atoms with Crippen molar-refractivity contribution in [1.29, 1.82) is 0 Å². The van der Waals surface area contributed by atoms with Crippen molar-refractivity contribution in [1.82, 2.24) is 10.2 Å². The number of aliphatic hydroxyl groups is 1. The Hall–Kier alpha value is -1.86. The van der Waals surface area contributed by atoms with E-state index in [0.29, 0.717) is 18.5 Å². The molecule has 25 heavy (non-hydrogen) atoms. The molecule has 0 bridgehead atoms. The zero-order valence-electron chi connectivity index (χ0n) is 14.0. The van der Waals surface area contributed by atoms with E-state index in [-0.39, 0.29) is 30.7 Å². The minimum absolute atomic E-state index is 0.132. The highest BCUT2D eigenvalue weighted by atomic mass is 32.2. The van der Waals surface area contributed by atoms with Crippen LogP contribution in [0.3, 0.4) is 0 Å². The average Bonchev–Trinajstić information content (AvgIpc) is 2.92. The number of benzene rings is 1. The highest BCUT2D eigenvalue weighted by Crippen LogP contribution is 2.34. The van der Waals surface area contributed by atoms with E-state index in [1.807, 2.05) is 12.1 Å². The van der Waals surface area contributed by atoms with Crippen molar-refractivity contribution < 1.29 is 19.5 Å². The van der Waals surface area contributed by atoms with Gasteiger partial charge in [-0.25, -0.2) is 0 Å². The lowest BCUT2D eigenvalue weighted by molar-refractivity contribution is -0.136. The van der Waals surface area contributed by atoms with Gasteiger partial charge < -0.3 is 10.0 Å². The summed E-state index contributed by atoms with van der Waals surface area (Å²) in [6.07, 6.45) is 3.46. The van der Waals surface area contributed by atoms with Crippen LogP contribution in [-0.4, -0.2) is 46.1 Å². The molecular formula is C18H22N2O4S. The van der Waals surface area contributed by atoms with Crippen LogP contribution in [0.15, 0.2) is 23.1 Å². The van der Waals surface area contributed by atoms with Crippen molar-refractivity contribution in [3.05, 3.63) is 29.3 Å². The van der Waals surface area contributed by atoms with Gasteiger partial charge in [0.25, 0.3) is 5.91 Å². The minimum atomic E-state index is -0.569. The van der Waals surface area contributed by atoms with E-state index in [9.17, 15) is 14.4 Å². The molecule has 0 aliphatic carbocycles. The number of nitrogens with zero attached hydrogens (tertiary/aromatic N) is 1. The van der Waals surface area contributed by atoms with E-state index >= 15 is 0 Å². The van der Waals surface area contributed by atoms with Gasteiger partial charge in [0.2, 0.25) is 11.8 Å². The highest BCUT2D eigenvalue weighted by Gasteiger charge is 2.39. The number of aliphatic hydroxyl groups excluding tert-OH is 1. The summed E-state index contributed by atoms with van der Waals surface area (Å²) < 4.78 is 0. The molecule has 0 spiro atoms. The Bertz CT molecular complexity index is 692. The normalized spacial score (nSPS) is 20.0. The Morgan fingerprint density at radius 3 is 2.80 bits per heavy atom. The fourth-order valence-electron chi connectivity index (χ4n) is 3.27. The van der Waals surface area contributed by atoms with E-state index in [1.165, 1.54) is 0 Å². The molecule has 1 saturated heterocycles. The molecule has 7 heteroatoms. The first-order valence-electron chi connectivity index (χ1n) is 8.62. The summed E-state index contributed by atoms with van der Waals surface area (Å²) in [5.74, 6) is 0.149. The van der Waals surface area contributed by atoms with Crippen molar-refractivity contribution in [3.63, 3.8) is 0 Å². The highest BCUT2D eigenvalue weighted by molar-refractivity contribution is 7.99. The predicted molar refractivity (Wildman–Crippen MR) is 94.1 cm³/mol. The molecule has 0 saturated carbocycles. The molecule has 2 heterocycles. The van der Waals surface area contributed by atoms with E-state index in [4.69, 9.17) is 5.11 Å². The zero-order chi connectivity index (χ0) is 17.8. The number of rotatable bonds is 7. The molecule has 3 rings (SSSR count). The topological polar surface area (TPSA) is 86.7 Å². The lowest BCUT2D eigenvalue weighted by Crippen LogP contribution is -2.52. The quantitative estimate of drug-likeness (QED) is 0.438. The maximum Gasteiger partial charge on any atom is 0.255 e. The third kappa shape index (κ3) is 3.88. The van der Waals surface area contributed by atoms with Crippen LogP contribution >= 0.6 is 11.8 Å². The van der Waals surface area contributed by atoms with Gasteiger partial charge in [0.1, 0.15) is 6.04 Å². The van der Waals surface area contributed by atoms with Gasteiger partial charge in [0.15, 0.2) is 0 Å². The Kier molecular flexibility index (Phi) is 5.75. The molecule has 1 aromatic carbocycles. The molecule has 2 aliphatic rings. The Labute approximate surface area is 151 Å². The molecule has 0 aromatic heterocycles. The number of carbonyl (C=O) groups is 3. The molecule has 2 aliphatic heterocycles.